The van der Waals surface area contributed by atoms with Crippen molar-refractivity contribution < 1.29 is 13.6 Å². The fourth-order valence-corrected chi connectivity index (χ4v) is 1.76. The molecule has 0 unspecified atom stereocenters. The van der Waals surface area contributed by atoms with Crippen molar-refractivity contribution in [2.24, 2.45) is 0 Å². The number of halogens is 2. The summed E-state index contributed by atoms with van der Waals surface area (Å²) in [6, 6.07) is 10.4. The van der Waals surface area contributed by atoms with Gasteiger partial charge in [-0.25, -0.2) is 8.78 Å². The molecule has 0 N–H and O–H groups in total. The Bertz CT molecular complexity index is 591. The predicted octanol–water partition coefficient (Wildman–Crippen LogP) is 3.70. The van der Waals surface area contributed by atoms with Crippen LogP contribution in [0.1, 0.15) is 21.5 Å². The zero-order valence-corrected chi connectivity index (χ0v) is 9.91. The number of Topliss-reactive ketones (excluding diaryl/α,β-unsaturated/α-hetero) is 1. The van der Waals surface area contributed by atoms with Crippen LogP contribution in [0.15, 0.2) is 42.5 Å². The van der Waals surface area contributed by atoms with Gasteiger partial charge in [-0.1, -0.05) is 24.3 Å². The van der Waals surface area contributed by atoms with Crippen molar-refractivity contribution in [3.63, 3.8) is 0 Å². The molecule has 0 aliphatic rings. The number of benzene rings is 2. The minimum Gasteiger partial charge on any atom is -0.294 e. The number of carbonyl (C=O) groups is 1. The number of ketones is 1. The SMILES string of the molecule is Cc1ccc(C(=O)Cc2ccccc2F)c(F)c1. The number of hydrogen-bond donors (Lipinski definition) is 0. The summed E-state index contributed by atoms with van der Waals surface area (Å²) in [5.41, 5.74) is 1.03. The molecule has 18 heavy (non-hydrogen) atoms. The van der Waals surface area contributed by atoms with E-state index < -0.39 is 17.4 Å². The molecule has 0 bridgehead atoms. The third-order valence-corrected chi connectivity index (χ3v) is 2.73. The molecule has 0 amide bonds. The van der Waals surface area contributed by atoms with Crippen LogP contribution in [0.2, 0.25) is 0 Å². The van der Waals surface area contributed by atoms with E-state index in [2.05, 4.69) is 0 Å². The van der Waals surface area contributed by atoms with Gasteiger partial charge in [-0.2, -0.15) is 0 Å². The first-order valence-electron chi connectivity index (χ1n) is 5.60. The Labute approximate surface area is 104 Å². The minimum atomic E-state index is -0.559. The highest BCUT2D eigenvalue weighted by Crippen LogP contribution is 2.15. The lowest BCUT2D eigenvalue weighted by atomic mass is 10.0. The zero-order valence-electron chi connectivity index (χ0n) is 9.91. The van der Waals surface area contributed by atoms with Crippen LogP contribution in [0.4, 0.5) is 8.78 Å². The van der Waals surface area contributed by atoms with Crippen LogP contribution in [0, 0.1) is 18.6 Å². The fourth-order valence-electron chi connectivity index (χ4n) is 1.76. The average molecular weight is 246 g/mol. The largest absolute Gasteiger partial charge is 0.294 e. The Balaban J connectivity index is 2.25. The number of aryl methyl sites for hydroxylation is 1. The van der Waals surface area contributed by atoms with E-state index in [1.165, 1.54) is 24.3 Å². The van der Waals surface area contributed by atoms with E-state index in [9.17, 15) is 13.6 Å². The molecule has 92 valence electrons. The highest BCUT2D eigenvalue weighted by Gasteiger charge is 2.14. The van der Waals surface area contributed by atoms with Gasteiger partial charge < -0.3 is 0 Å². The van der Waals surface area contributed by atoms with Crippen molar-refractivity contribution in [3.05, 3.63) is 70.8 Å². The smallest absolute Gasteiger partial charge is 0.170 e. The normalized spacial score (nSPS) is 10.4. The van der Waals surface area contributed by atoms with Crippen LogP contribution < -0.4 is 0 Å². The highest BCUT2D eigenvalue weighted by atomic mass is 19.1. The number of hydrogen-bond acceptors (Lipinski definition) is 1. The Kier molecular flexibility index (Phi) is 3.51. The second-order valence-corrected chi connectivity index (χ2v) is 4.17. The van der Waals surface area contributed by atoms with Gasteiger partial charge in [0.05, 0.1) is 5.56 Å². The fraction of sp³-hybridized carbons (Fsp3) is 0.133. The van der Waals surface area contributed by atoms with Crippen molar-refractivity contribution in [2.45, 2.75) is 13.3 Å². The summed E-state index contributed by atoms with van der Waals surface area (Å²) >= 11 is 0. The molecule has 1 nitrogen and oxygen atoms in total. The van der Waals surface area contributed by atoms with E-state index >= 15 is 0 Å². The zero-order chi connectivity index (χ0) is 13.1. The van der Waals surface area contributed by atoms with Crippen LogP contribution in [0.3, 0.4) is 0 Å². The monoisotopic (exact) mass is 246 g/mol. The van der Waals surface area contributed by atoms with E-state index in [4.69, 9.17) is 0 Å². The first kappa shape index (κ1) is 12.4. The maximum atomic E-state index is 13.6. The van der Waals surface area contributed by atoms with Gasteiger partial charge in [-0.15, -0.1) is 0 Å². The van der Waals surface area contributed by atoms with Crippen LogP contribution >= 0.6 is 0 Å². The molecule has 0 saturated heterocycles. The summed E-state index contributed by atoms with van der Waals surface area (Å²) in [5.74, 6) is -1.42. The van der Waals surface area contributed by atoms with Crippen molar-refractivity contribution in [2.75, 3.05) is 0 Å². The maximum absolute atomic E-state index is 13.6. The Hall–Kier alpha value is -2.03. The lowest BCUT2D eigenvalue weighted by Crippen LogP contribution is -2.07. The third-order valence-electron chi connectivity index (χ3n) is 2.73. The van der Waals surface area contributed by atoms with E-state index in [-0.39, 0.29) is 17.5 Å². The topological polar surface area (TPSA) is 17.1 Å². The van der Waals surface area contributed by atoms with Crippen molar-refractivity contribution in [1.29, 1.82) is 0 Å². The van der Waals surface area contributed by atoms with E-state index in [1.807, 2.05) is 0 Å². The quantitative estimate of drug-likeness (QED) is 0.755. The lowest BCUT2D eigenvalue weighted by molar-refractivity contribution is 0.0988. The van der Waals surface area contributed by atoms with Gasteiger partial charge in [-0.3, -0.25) is 4.79 Å². The van der Waals surface area contributed by atoms with Gasteiger partial charge >= 0.3 is 0 Å². The first-order valence-corrected chi connectivity index (χ1v) is 5.60. The van der Waals surface area contributed by atoms with Gasteiger partial charge in [0.2, 0.25) is 0 Å². The Morgan fingerprint density at radius 3 is 2.44 bits per heavy atom. The van der Waals surface area contributed by atoms with Gasteiger partial charge in [0.25, 0.3) is 0 Å². The molecule has 3 heteroatoms. The van der Waals surface area contributed by atoms with E-state index in [0.717, 1.165) is 5.56 Å². The molecule has 2 aromatic carbocycles. The molecular weight excluding hydrogens is 234 g/mol. The molecule has 0 aliphatic carbocycles. The number of carbonyl (C=O) groups excluding carboxylic acids is 1. The molecule has 0 fully saturated rings. The highest BCUT2D eigenvalue weighted by molar-refractivity contribution is 5.97. The molecule has 0 heterocycles. The summed E-state index contributed by atoms with van der Waals surface area (Å²) < 4.78 is 27.0. The second-order valence-electron chi connectivity index (χ2n) is 4.17. The molecular formula is C15H12F2O. The summed E-state index contributed by atoms with van der Waals surface area (Å²) in [6.07, 6.45) is -0.132. The van der Waals surface area contributed by atoms with Crippen LogP contribution in [0.5, 0.6) is 0 Å². The summed E-state index contributed by atoms with van der Waals surface area (Å²) in [7, 11) is 0. The molecule has 0 atom stereocenters. The molecule has 2 aromatic rings. The molecule has 0 aliphatic heterocycles. The third kappa shape index (κ3) is 2.62. The molecule has 0 spiro atoms. The van der Waals surface area contributed by atoms with Gasteiger partial charge in [0, 0.05) is 6.42 Å². The van der Waals surface area contributed by atoms with Crippen LogP contribution in [-0.4, -0.2) is 5.78 Å². The average Bonchev–Trinajstić information content (AvgIpc) is 2.32. The van der Waals surface area contributed by atoms with Crippen molar-refractivity contribution >= 4 is 5.78 Å². The van der Waals surface area contributed by atoms with E-state index in [0.29, 0.717) is 0 Å². The molecule has 0 saturated carbocycles. The Morgan fingerprint density at radius 1 is 1.06 bits per heavy atom. The van der Waals surface area contributed by atoms with Gasteiger partial charge in [-0.05, 0) is 36.2 Å². The van der Waals surface area contributed by atoms with Crippen LogP contribution in [0.25, 0.3) is 0 Å². The van der Waals surface area contributed by atoms with E-state index in [1.54, 1.807) is 25.1 Å². The standard InChI is InChI=1S/C15H12F2O/c1-10-6-7-12(14(17)8-10)15(18)9-11-4-2-3-5-13(11)16/h2-8H,9H2,1H3. The van der Waals surface area contributed by atoms with Gasteiger partial charge in [0.15, 0.2) is 5.78 Å². The molecule has 0 aromatic heterocycles. The predicted molar refractivity (Wildman–Crippen MR) is 65.6 cm³/mol. The number of rotatable bonds is 3. The minimum absolute atomic E-state index is 0.00357. The summed E-state index contributed by atoms with van der Waals surface area (Å²) in [6.45, 7) is 1.74. The van der Waals surface area contributed by atoms with Gasteiger partial charge in [0.1, 0.15) is 11.6 Å². The second kappa shape index (κ2) is 5.08. The molecule has 2 rings (SSSR count). The maximum Gasteiger partial charge on any atom is 0.170 e. The summed E-state index contributed by atoms with van der Waals surface area (Å²) in [5, 5.41) is 0. The van der Waals surface area contributed by atoms with Crippen molar-refractivity contribution in [1.82, 2.24) is 0 Å². The molecule has 0 radical (unpaired) electrons. The Morgan fingerprint density at radius 2 is 1.78 bits per heavy atom. The lowest BCUT2D eigenvalue weighted by Gasteiger charge is -2.04. The van der Waals surface area contributed by atoms with Crippen LogP contribution in [-0.2, 0) is 6.42 Å². The summed E-state index contributed by atoms with van der Waals surface area (Å²) in [4.78, 5) is 11.9. The van der Waals surface area contributed by atoms with Crippen molar-refractivity contribution in [3.8, 4) is 0 Å². The first-order chi connectivity index (χ1) is 8.58.